The van der Waals surface area contributed by atoms with E-state index in [2.05, 4.69) is 15.9 Å². The average Bonchev–Trinajstić information content (AvgIpc) is 2.70. The lowest BCUT2D eigenvalue weighted by atomic mass is 10.2. The highest BCUT2D eigenvalue weighted by Gasteiger charge is 2.15. The van der Waals surface area contributed by atoms with Gasteiger partial charge in [0.25, 0.3) is 0 Å². The summed E-state index contributed by atoms with van der Waals surface area (Å²) in [7, 11) is 1.60. The second kappa shape index (κ2) is 9.37. The summed E-state index contributed by atoms with van der Waals surface area (Å²) in [4.78, 5) is 13.7. The van der Waals surface area contributed by atoms with E-state index in [4.69, 9.17) is 9.47 Å². The van der Waals surface area contributed by atoms with Gasteiger partial charge in [-0.15, -0.1) is 0 Å². The Morgan fingerprint density at radius 2 is 1.75 bits per heavy atom. The first-order chi connectivity index (χ1) is 13.5. The van der Waals surface area contributed by atoms with Gasteiger partial charge in [0, 0.05) is 17.1 Å². The number of carbonyl (C=O) groups excluding carboxylic acids is 1. The van der Waals surface area contributed by atoms with Crippen LogP contribution >= 0.6 is 15.9 Å². The van der Waals surface area contributed by atoms with Crippen LogP contribution in [0.1, 0.15) is 11.1 Å². The Labute approximate surface area is 171 Å². The summed E-state index contributed by atoms with van der Waals surface area (Å²) in [5.41, 5.74) is 1.44. The summed E-state index contributed by atoms with van der Waals surface area (Å²) >= 11 is 3.37. The number of amides is 1. The number of halogens is 2. The topological polar surface area (TPSA) is 38.8 Å². The van der Waals surface area contributed by atoms with Crippen molar-refractivity contribution in [3.8, 4) is 11.5 Å². The molecule has 0 aliphatic carbocycles. The molecule has 28 heavy (non-hydrogen) atoms. The van der Waals surface area contributed by atoms with Gasteiger partial charge in [-0.25, -0.2) is 9.18 Å². The van der Waals surface area contributed by atoms with Crippen molar-refractivity contribution in [2.75, 3.05) is 7.05 Å². The van der Waals surface area contributed by atoms with Crippen LogP contribution in [0.2, 0.25) is 0 Å². The van der Waals surface area contributed by atoms with E-state index in [1.54, 1.807) is 25.2 Å². The number of rotatable bonds is 6. The van der Waals surface area contributed by atoms with Crippen LogP contribution in [0.4, 0.5) is 9.18 Å². The molecule has 0 atom stereocenters. The monoisotopic (exact) mass is 443 g/mol. The van der Waals surface area contributed by atoms with Gasteiger partial charge < -0.3 is 14.4 Å². The highest BCUT2D eigenvalue weighted by atomic mass is 79.9. The van der Waals surface area contributed by atoms with Crippen LogP contribution in [0.25, 0.3) is 0 Å². The molecule has 0 unspecified atom stereocenters. The Morgan fingerprint density at radius 3 is 2.46 bits per heavy atom. The summed E-state index contributed by atoms with van der Waals surface area (Å²) in [5.74, 6) is 0.695. The predicted octanol–water partition coefficient (Wildman–Crippen LogP) is 6.15. The molecule has 0 bridgehead atoms. The van der Waals surface area contributed by atoms with Gasteiger partial charge in [-0.3, -0.25) is 0 Å². The zero-order valence-corrected chi connectivity index (χ0v) is 16.9. The lowest BCUT2D eigenvalue weighted by Gasteiger charge is -2.19. The van der Waals surface area contributed by atoms with Crippen LogP contribution < -0.4 is 4.74 Å². The van der Waals surface area contributed by atoms with Crippen LogP contribution in [0.5, 0.6) is 11.5 Å². The van der Waals surface area contributed by atoms with Gasteiger partial charge in [-0.05, 0) is 48.0 Å². The number of hydrogen-bond acceptors (Lipinski definition) is 3. The molecule has 3 rings (SSSR count). The van der Waals surface area contributed by atoms with E-state index in [9.17, 15) is 9.18 Å². The fraction of sp³-hybridized carbons (Fsp3) is 0.136. The first-order valence-corrected chi connectivity index (χ1v) is 9.44. The molecule has 3 aromatic carbocycles. The largest absolute Gasteiger partial charge is 0.457 e. The van der Waals surface area contributed by atoms with Crippen LogP contribution in [-0.4, -0.2) is 18.0 Å². The summed E-state index contributed by atoms with van der Waals surface area (Å²) in [6.07, 6.45) is -0.497. The van der Waals surface area contributed by atoms with Crippen LogP contribution in [-0.2, 0) is 17.9 Å². The molecule has 4 nitrogen and oxygen atoms in total. The highest BCUT2D eigenvalue weighted by Crippen LogP contribution is 2.28. The molecule has 1 amide bonds. The zero-order chi connectivity index (χ0) is 19.9. The van der Waals surface area contributed by atoms with E-state index in [0.29, 0.717) is 17.1 Å². The molecule has 0 saturated heterocycles. The minimum atomic E-state index is -0.497. The molecular weight excluding hydrogens is 425 g/mol. The molecule has 144 valence electrons. The van der Waals surface area contributed by atoms with E-state index in [1.807, 2.05) is 42.5 Å². The second-order valence-electron chi connectivity index (χ2n) is 6.20. The number of hydrogen-bond donors (Lipinski definition) is 0. The van der Waals surface area contributed by atoms with Crippen LogP contribution in [0.3, 0.4) is 0 Å². The van der Waals surface area contributed by atoms with Crippen molar-refractivity contribution in [1.29, 1.82) is 0 Å². The fourth-order valence-corrected chi connectivity index (χ4v) is 2.81. The third kappa shape index (κ3) is 5.57. The average molecular weight is 444 g/mol. The maximum Gasteiger partial charge on any atom is 0.410 e. The highest BCUT2D eigenvalue weighted by molar-refractivity contribution is 9.10. The van der Waals surface area contributed by atoms with Gasteiger partial charge in [0.2, 0.25) is 0 Å². The number of nitrogens with zero attached hydrogens (tertiary/aromatic N) is 1. The van der Waals surface area contributed by atoms with Crippen molar-refractivity contribution in [1.82, 2.24) is 4.90 Å². The molecule has 0 fully saturated rings. The molecular formula is C22H19BrFNO3. The SMILES string of the molecule is CN(Cc1cc(F)ccc1Oc1ccc(Br)cc1)C(=O)OCc1ccccc1. The van der Waals surface area contributed by atoms with Gasteiger partial charge in [0.15, 0.2) is 0 Å². The Hall–Kier alpha value is -2.86. The first kappa shape index (κ1) is 19.9. The van der Waals surface area contributed by atoms with Crippen molar-refractivity contribution >= 4 is 22.0 Å². The zero-order valence-electron chi connectivity index (χ0n) is 15.3. The maximum atomic E-state index is 13.8. The van der Waals surface area contributed by atoms with Gasteiger partial charge >= 0.3 is 6.09 Å². The van der Waals surface area contributed by atoms with Gasteiger partial charge in [0.1, 0.15) is 23.9 Å². The molecule has 0 spiro atoms. The fourth-order valence-electron chi connectivity index (χ4n) is 2.55. The van der Waals surface area contributed by atoms with Crippen molar-refractivity contribution in [3.05, 3.63) is 94.2 Å². The third-order valence-corrected chi connectivity index (χ3v) is 4.52. The molecule has 6 heteroatoms. The molecule has 0 heterocycles. The second-order valence-corrected chi connectivity index (χ2v) is 7.12. The smallest absolute Gasteiger partial charge is 0.410 e. The normalized spacial score (nSPS) is 10.4. The van der Waals surface area contributed by atoms with Crippen molar-refractivity contribution in [3.63, 3.8) is 0 Å². The summed E-state index contributed by atoms with van der Waals surface area (Å²) in [6.45, 7) is 0.326. The maximum absolute atomic E-state index is 13.8. The minimum Gasteiger partial charge on any atom is -0.457 e. The Kier molecular flexibility index (Phi) is 6.66. The Balaban J connectivity index is 1.67. The summed E-state index contributed by atoms with van der Waals surface area (Å²) in [5, 5.41) is 0. The lowest BCUT2D eigenvalue weighted by Crippen LogP contribution is -2.27. The minimum absolute atomic E-state index is 0.150. The van der Waals surface area contributed by atoms with E-state index < -0.39 is 11.9 Å². The van der Waals surface area contributed by atoms with Crippen molar-refractivity contribution in [2.45, 2.75) is 13.2 Å². The summed E-state index contributed by atoms with van der Waals surface area (Å²) < 4.78 is 25.9. The number of carbonyl (C=O) groups is 1. The third-order valence-electron chi connectivity index (χ3n) is 3.99. The quantitative estimate of drug-likeness (QED) is 0.458. The van der Waals surface area contributed by atoms with Crippen molar-refractivity contribution in [2.24, 2.45) is 0 Å². The Morgan fingerprint density at radius 1 is 1.04 bits per heavy atom. The molecule has 0 N–H and O–H groups in total. The standard InChI is InChI=1S/C22H19BrFNO3/c1-25(22(26)27-15-16-5-3-2-4-6-16)14-17-13-19(24)9-12-21(17)28-20-10-7-18(23)8-11-20/h2-13H,14-15H2,1H3. The van der Waals surface area contributed by atoms with E-state index >= 15 is 0 Å². The molecule has 0 aromatic heterocycles. The van der Waals surface area contributed by atoms with Crippen LogP contribution in [0.15, 0.2) is 77.3 Å². The van der Waals surface area contributed by atoms with Gasteiger partial charge in [0.05, 0.1) is 6.54 Å². The van der Waals surface area contributed by atoms with Gasteiger partial charge in [-0.2, -0.15) is 0 Å². The van der Waals surface area contributed by atoms with Crippen LogP contribution in [0, 0.1) is 5.82 Å². The van der Waals surface area contributed by atoms with E-state index in [0.717, 1.165) is 10.0 Å². The van der Waals surface area contributed by atoms with E-state index in [1.165, 1.54) is 17.0 Å². The number of ether oxygens (including phenoxy) is 2. The van der Waals surface area contributed by atoms with E-state index in [-0.39, 0.29) is 13.2 Å². The first-order valence-electron chi connectivity index (χ1n) is 8.65. The molecule has 0 aliphatic heterocycles. The molecule has 3 aromatic rings. The molecule has 0 radical (unpaired) electrons. The summed E-state index contributed by atoms with van der Waals surface area (Å²) in [6, 6.07) is 21.0. The number of benzene rings is 3. The predicted molar refractivity (Wildman–Crippen MR) is 109 cm³/mol. The van der Waals surface area contributed by atoms with Gasteiger partial charge in [-0.1, -0.05) is 46.3 Å². The lowest BCUT2D eigenvalue weighted by molar-refractivity contribution is 0.102. The molecule has 0 saturated carbocycles. The Bertz CT molecular complexity index is 932. The molecule has 0 aliphatic rings. The van der Waals surface area contributed by atoms with Crippen molar-refractivity contribution < 1.29 is 18.7 Å².